The van der Waals surface area contributed by atoms with Crippen molar-refractivity contribution in [1.82, 2.24) is 0 Å². The lowest BCUT2D eigenvalue weighted by molar-refractivity contribution is -0.943. The first kappa shape index (κ1) is 29.4. The average molecular weight is 681 g/mol. The minimum absolute atomic E-state index is 0.0911. The van der Waals surface area contributed by atoms with Gasteiger partial charge >= 0.3 is 0 Å². The summed E-state index contributed by atoms with van der Waals surface area (Å²) in [6.07, 6.45) is 9.70. The Bertz CT molecular complexity index is 1800. The Hall–Kier alpha value is -3.18. The number of benzene rings is 2. The first-order chi connectivity index (χ1) is 24.2. The lowest BCUT2D eigenvalue weighted by atomic mass is 9.48. The molecule has 0 aromatic heterocycles. The first-order valence-electron chi connectivity index (χ1n) is 19.6. The number of nitrogens with one attached hydrogen (secondary N) is 2. The van der Waals surface area contributed by atoms with E-state index in [1.807, 2.05) is 0 Å². The summed E-state index contributed by atoms with van der Waals surface area (Å²) in [4.78, 5) is 3.05. The minimum Gasteiger partial charge on any atom is -0.504 e. The van der Waals surface area contributed by atoms with E-state index >= 15 is 0 Å². The van der Waals surface area contributed by atoms with E-state index in [0.29, 0.717) is 37.2 Å². The van der Waals surface area contributed by atoms with Crippen molar-refractivity contribution in [2.24, 2.45) is 22.0 Å². The number of aliphatic hydroxyl groups is 2. The lowest BCUT2D eigenvalue weighted by Crippen LogP contribution is -3.21. The molecule has 4 saturated carbocycles. The van der Waals surface area contributed by atoms with Gasteiger partial charge in [0.2, 0.25) is 0 Å². The monoisotopic (exact) mass is 680 g/mol. The van der Waals surface area contributed by atoms with E-state index < -0.39 is 34.2 Å². The van der Waals surface area contributed by atoms with Gasteiger partial charge in [0.25, 0.3) is 0 Å². The number of hydrogen-bond donors (Lipinski definition) is 6. The molecule has 10 atom stereocenters. The number of quaternary nitrogens is 2. The molecule has 2 aromatic carbocycles. The van der Waals surface area contributed by atoms with Crippen LogP contribution < -0.4 is 19.3 Å². The molecule has 10 heteroatoms. The van der Waals surface area contributed by atoms with Crippen molar-refractivity contribution in [2.45, 2.75) is 123 Å². The van der Waals surface area contributed by atoms with E-state index in [1.54, 1.807) is 12.1 Å². The smallest absolute Gasteiger partial charge is 0.166 e. The van der Waals surface area contributed by atoms with Gasteiger partial charge in [0, 0.05) is 48.6 Å². The van der Waals surface area contributed by atoms with E-state index in [4.69, 9.17) is 19.7 Å². The minimum atomic E-state index is -0.948. The number of ether oxygens (including phenoxy) is 2. The number of hydrogen-bond acceptors (Lipinski definition) is 8. The fraction of sp³-hybridized carbons (Fsp3) is 0.650. The maximum atomic E-state index is 12.9. The number of phenolic OH excluding ortho intramolecular Hbond substituents is 2. The molecule has 12 rings (SSSR count). The number of rotatable bonds is 5. The van der Waals surface area contributed by atoms with Crippen LogP contribution >= 0.6 is 0 Å². The third-order valence-corrected chi connectivity index (χ3v) is 15.9. The molecule has 2 saturated heterocycles. The molecule has 4 bridgehead atoms. The van der Waals surface area contributed by atoms with Crippen molar-refractivity contribution in [3.8, 4) is 23.0 Å². The van der Waals surface area contributed by atoms with Gasteiger partial charge in [0.15, 0.2) is 35.2 Å². The number of likely N-dealkylation sites (tertiary alicyclic amines) is 2. The van der Waals surface area contributed by atoms with Crippen molar-refractivity contribution in [2.75, 3.05) is 26.2 Å². The highest BCUT2D eigenvalue weighted by Gasteiger charge is 2.76. The van der Waals surface area contributed by atoms with Gasteiger partial charge in [0.05, 0.1) is 48.4 Å². The second-order valence-electron chi connectivity index (χ2n) is 18.0. The number of phenols is 2. The van der Waals surface area contributed by atoms with Crippen LogP contribution in [0.5, 0.6) is 23.0 Å². The summed E-state index contributed by atoms with van der Waals surface area (Å²) < 4.78 is 13.5. The zero-order chi connectivity index (χ0) is 33.4. The highest BCUT2D eigenvalue weighted by atomic mass is 16.5. The summed E-state index contributed by atoms with van der Waals surface area (Å²) in [5.41, 5.74) is 2.79. The summed E-state index contributed by atoms with van der Waals surface area (Å²) in [6.45, 7) is 4.20. The van der Waals surface area contributed by atoms with E-state index in [0.717, 1.165) is 86.2 Å². The molecule has 10 nitrogen and oxygen atoms in total. The molecule has 262 valence electrons. The Balaban J connectivity index is 0.947. The van der Waals surface area contributed by atoms with Crippen molar-refractivity contribution in [3.63, 3.8) is 0 Å². The summed E-state index contributed by atoms with van der Waals surface area (Å²) in [6, 6.07) is 7.81. The van der Waals surface area contributed by atoms with Gasteiger partial charge in [-0.25, -0.2) is 0 Å². The Kier molecular flexibility index (Phi) is 5.54. The normalized spacial score (nSPS) is 45.6. The van der Waals surface area contributed by atoms with Crippen molar-refractivity contribution >= 4 is 11.4 Å². The SMILES string of the molecule is Oc1ccc2c3c1O[C@H]1/C(=N/N=C4\CC[C@@]5(O)[C@H]6Cc7ccc(O)c8c7[C@@]5(CC[NH+]6CC5CC5)[C@H]4O8)CC[C@@]4(O)[C@@H](C2)[NH+](CC2CC2)CC[C@]314. The number of aromatic hydroxyl groups is 2. The summed E-state index contributed by atoms with van der Waals surface area (Å²) in [5.74, 6) is 2.84. The zero-order valence-electron chi connectivity index (χ0n) is 28.6. The van der Waals surface area contributed by atoms with Crippen LogP contribution in [-0.2, 0) is 23.7 Å². The van der Waals surface area contributed by atoms with Crippen LogP contribution in [0.1, 0.15) is 86.5 Å². The molecule has 6 fully saturated rings. The molecule has 4 heterocycles. The molecule has 0 amide bonds. The second-order valence-corrected chi connectivity index (χ2v) is 18.0. The van der Waals surface area contributed by atoms with Crippen LogP contribution in [0.2, 0.25) is 0 Å². The van der Waals surface area contributed by atoms with Crippen LogP contribution in [0.4, 0.5) is 0 Å². The maximum Gasteiger partial charge on any atom is 0.166 e. The molecule has 50 heavy (non-hydrogen) atoms. The van der Waals surface area contributed by atoms with Crippen LogP contribution in [0.3, 0.4) is 0 Å². The predicted molar refractivity (Wildman–Crippen MR) is 183 cm³/mol. The molecular formula is C40H48N4O6+2. The Morgan fingerprint density at radius 2 is 1.08 bits per heavy atom. The topological polar surface area (TPSA) is 133 Å². The van der Waals surface area contributed by atoms with Crippen molar-refractivity contribution < 1.29 is 39.7 Å². The standard InChI is InChI=1S/C40H46N4O6/c45-27-7-5-23-17-29-39(47)11-9-25(35-37(39,31(23)33(27)49-35)13-15-43(29)19-21-1-2-21)41-42-26-10-12-40(48)30-18-24-6-8-28(46)34-32(24)38(40,36(26)50-34)14-16-44(30)20-22-3-4-22/h5-8,21-22,29-30,35-36,45-48H,1-4,9-20H2/p+2/b41-25+,42-26+/t29-,30-,35+,36+,37+,38+,39-,40-/m1/s1. The van der Waals surface area contributed by atoms with Gasteiger partial charge in [-0.15, -0.1) is 0 Å². The largest absolute Gasteiger partial charge is 0.504 e. The van der Waals surface area contributed by atoms with E-state index in [9.17, 15) is 20.4 Å². The molecular weight excluding hydrogens is 632 g/mol. The van der Waals surface area contributed by atoms with Gasteiger partial charge in [-0.3, -0.25) is 0 Å². The van der Waals surface area contributed by atoms with Crippen molar-refractivity contribution in [1.29, 1.82) is 0 Å². The highest BCUT2D eigenvalue weighted by Crippen LogP contribution is 2.65. The van der Waals surface area contributed by atoms with Gasteiger partial charge in [-0.2, -0.15) is 10.2 Å². The predicted octanol–water partition coefficient (Wildman–Crippen LogP) is 0.889. The molecule has 0 radical (unpaired) electrons. The van der Waals surface area contributed by atoms with Crippen LogP contribution in [-0.4, -0.2) is 93.5 Å². The average Bonchev–Trinajstić information content (AvgIpc) is 4.03. The molecule has 4 aliphatic heterocycles. The molecule has 10 aliphatic rings. The quantitative estimate of drug-likeness (QED) is 0.260. The fourth-order valence-electron chi connectivity index (χ4n) is 13.3. The third-order valence-electron chi connectivity index (χ3n) is 15.9. The van der Waals surface area contributed by atoms with E-state index in [2.05, 4.69) is 12.1 Å². The van der Waals surface area contributed by atoms with Gasteiger partial charge in [0.1, 0.15) is 23.3 Å². The van der Waals surface area contributed by atoms with E-state index in [1.165, 1.54) is 46.6 Å². The maximum absolute atomic E-state index is 12.9. The molecule has 6 aliphatic carbocycles. The lowest BCUT2D eigenvalue weighted by Gasteiger charge is -2.61. The summed E-state index contributed by atoms with van der Waals surface area (Å²) in [7, 11) is 0. The third kappa shape index (κ3) is 3.37. The Labute approximate surface area is 291 Å². The second kappa shape index (κ2) is 9.43. The Morgan fingerprint density at radius 3 is 1.50 bits per heavy atom. The molecule has 2 spiro atoms. The number of piperidine rings is 2. The summed E-state index contributed by atoms with van der Waals surface area (Å²) >= 11 is 0. The highest BCUT2D eigenvalue weighted by molar-refractivity contribution is 5.97. The number of nitrogens with zero attached hydrogens (tertiary/aromatic N) is 2. The Morgan fingerprint density at radius 1 is 0.640 bits per heavy atom. The van der Waals surface area contributed by atoms with Crippen LogP contribution in [0, 0.1) is 11.8 Å². The van der Waals surface area contributed by atoms with E-state index in [-0.39, 0.29) is 23.6 Å². The van der Waals surface area contributed by atoms with Crippen LogP contribution in [0.15, 0.2) is 34.5 Å². The molecule has 2 aromatic rings. The molecule has 2 unspecified atom stereocenters. The van der Waals surface area contributed by atoms with Gasteiger partial charge < -0.3 is 39.7 Å². The van der Waals surface area contributed by atoms with Gasteiger partial charge in [-0.1, -0.05) is 12.1 Å². The van der Waals surface area contributed by atoms with Crippen molar-refractivity contribution in [3.05, 3.63) is 46.5 Å². The first-order valence-corrected chi connectivity index (χ1v) is 19.6. The summed E-state index contributed by atoms with van der Waals surface area (Å²) in [5, 5.41) is 58.1. The van der Waals surface area contributed by atoms with Crippen LogP contribution in [0.25, 0.3) is 0 Å². The van der Waals surface area contributed by atoms with Gasteiger partial charge in [-0.05, 0) is 74.6 Å². The molecule has 6 N–H and O–H groups in total. The zero-order valence-corrected chi connectivity index (χ0v) is 28.6. The fourth-order valence-corrected chi connectivity index (χ4v) is 13.3.